The van der Waals surface area contributed by atoms with Crippen LogP contribution in [0, 0.1) is 6.92 Å². The number of anilines is 1. The first-order valence-electron chi connectivity index (χ1n) is 5.86. The molecule has 2 N–H and O–H groups in total. The molecule has 1 aromatic carbocycles. The summed E-state index contributed by atoms with van der Waals surface area (Å²) in [6, 6.07) is 5.08. The normalized spacial score (nSPS) is 11.7. The van der Waals surface area contributed by atoms with Gasteiger partial charge in [0, 0.05) is 6.08 Å². The monoisotopic (exact) mass is 283 g/mol. The van der Waals surface area contributed by atoms with Gasteiger partial charge < -0.3 is 5.11 Å². The van der Waals surface area contributed by atoms with E-state index in [1.807, 2.05) is 0 Å². The van der Waals surface area contributed by atoms with Gasteiger partial charge in [-0.15, -0.1) is 0 Å². The van der Waals surface area contributed by atoms with Crippen molar-refractivity contribution in [2.24, 2.45) is 0 Å². The fourth-order valence-corrected chi connectivity index (χ4v) is 2.70. The van der Waals surface area contributed by atoms with E-state index in [2.05, 4.69) is 4.72 Å². The second-order valence-electron chi connectivity index (χ2n) is 4.17. The smallest absolute Gasteiger partial charge is 0.328 e. The number of nitrogens with one attached hydrogen (secondary N) is 1. The molecule has 0 amide bonds. The molecule has 0 aromatic heterocycles. The third kappa shape index (κ3) is 5.13. The van der Waals surface area contributed by atoms with Gasteiger partial charge in [-0.1, -0.05) is 19.1 Å². The van der Waals surface area contributed by atoms with Gasteiger partial charge in [-0.2, -0.15) is 0 Å². The number of carboxylic acid groups (broad SMARTS) is 1. The molecule has 6 heteroatoms. The van der Waals surface area contributed by atoms with Gasteiger partial charge in [-0.05, 0) is 36.6 Å². The zero-order valence-corrected chi connectivity index (χ0v) is 11.7. The number of carbonyl (C=O) groups is 1. The Hall–Kier alpha value is -1.82. The lowest BCUT2D eigenvalue weighted by atomic mass is 10.1. The highest BCUT2D eigenvalue weighted by Gasteiger charge is 2.10. The number of rotatable bonds is 6. The van der Waals surface area contributed by atoms with Crippen molar-refractivity contribution in [1.82, 2.24) is 0 Å². The Labute approximate surface area is 113 Å². The van der Waals surface area contributed by atoms with Gasteiger partial charge in [0.05, 0.1) is 11.4 Å². The summed E-state index contributed by atoms with van der Waals surface area (Å²) in [5.41, 5.74) is 1.88. The Balaban J connectivity index is 3.01. The summed E-state index contributed by atoms with van der Waals surface area (Å²) in [5.74, 6) is -0.990. The first kappa shape index (κ1) is 15.2. The largest absolute Gasteiger partial charge is 0.478 e. The fraction of sp³-hybridized carbons (Fsp3) is 0.308. The van der Waals surface area contributed by atoms with E-state index in [4.69, 9.17) is 5.11 Å². The molecule has 104 valence electrons. The maximum Gasteiger partial charge on any atom is 0.328 e. The predicted octanol–water partition coefficient (Wildman–Crippen LogP) is 2.24. The minimum atomic E-state index is -3.35. The molecule has 0 saturated heterocycles. The van der Waals surface area contributed by atoms with Crippen molar-refractivity contribution in [2.45, 2.75) is 20.3 Å². The van der Waals surface area contributed by atoms with Crippen LogP contribution in [0.25, 0.3) is 6.08 Å². The van der Waals surface area contributed by atoms with Crippen molar-refractivity contribution < 1.29 is 18.3 Å². The second kappa shape index (κ2) is 6.38. The van der Waals surface area contributed by atoms with Crippen LogP contribution in [0.15, 0.2) is 24.3 Å². The maximum absolute atomic E-state index is 11.7. The second-order valence-corrected chi connectivity index (χ2v) is 6.01. The lowest BCUT2D eigenvalue weighted by Crippen LogP contribution is -2.16. The molecule has 1 rings (SSSR count). The standard InChI is InChI=1S/C13H17NO4S/c1-3-8-19(17,18)14-12-9-11(5-4-10(12)2)6-7-13(15)16/h4-7,9,14H,3,8H2,1-2H3,(H,15,16)/b7-6+. The molecule has 5 nitrogen and oxygen atoms in total. The maximum atomic E-state index is 11.7. The average Bonchev–Trinajstić information content (AvgIpc) is 2.29. The summed E-state index contributed by atoms with van der Waals surface area (Å²) in [5, 5.41) is 8.56. The van der Waals surface area contributed by atoms with Gasteiger partial charge in [-0.3, -0.25) is 4.72 Å². The number of aryl methyl sites for hydroxylation is 1. The molecule has 0 aliphatic carbocycles. The molecule has 0 bridgehead atoms. The molecule has 1 aromatic rings. The summed E-state index contributed by atoms with van der Waals surface area (Å²) in [7, 11) is -3.35. The highest BCUT2D eigenvalue weighted by molar-refractivity contribution is 7.92. The third-order valence-electron chi connectivity index (χ3n) is 2.42. The average molecular weight is 283 g/mol. The van der Waals surface area contributed by atoms with Crippen LogP contribution in [0.4, 0.5) is 5.69 Å². The van der Waals surface area contributed by atoms with Crippen molar-refractivity contribution in [3.8, 4) is 0 Å². The summed E-state index contributed by atoms with van der Waals surface area (Å²) in [4.78, 5) is 10.4. The minimum Gasteiger partial charge on any atom is -0.478 e. The molecular formula is C13H17NO4S. The summed E-state index contributed by atoms with van der Waals surface area (Å²) < 4.78 is 25.9. The van der Waals surface area contributed by atoms with Crippen LogP contribution in [-0.4, -0.2) is 25.2 Å². The number of sulfonamides is 1. The van der Waals surface area contributed by atoms with E-state index in [-0.39, 0.29) is 5.75 Å². The molecule has 0 fully saturated rings. The molecule has 0 aliphatic rings. The van der Waals surface area contributed by atoms with E-state index >= 15 is 0 Å². The molecular weight excluding hydrogens is 266 g/mol. The number of aliphatic carboxylic acids is 1. The SMILES string of the molecule is CCCS(=O)(=O)Nc1cc(/C=C/C(=O)O)ccc1C. The minimum absolute atomic E-state index is 0.0572. The van der Waals surface area contributed by atoms with Crippen LogP contribution >= 0.6 is 0 Å². The number of hydrogen-bond donors (Lipinski definition) is 2. The van der Waals surface area contributed by atoms with Crippen molar-refractivity contribution in [2.75, 3.05) is 10.5 Å². The molecule has 0 heterocycles. The molecule has 0 spiro atoms. The Morgan fingerprint density at radius 3 is 2.68 bits per heavy atom. The van der Waals surface area contributed by atoms with Crippen LogP contribution in [0.1, 0.15) is 24.5 Å². The van der Waals surface area contributed by atoms with Crippen LogP contribution in [-0.2, 0) is 14.8 Å². The van der Waals surface area contributed by atoms with Crippen molar-refractivity contribution >= 4 is 27.8 Å². The van der Waals surface area contributed by atoms with E-state index in [9.17, 15) is 13.2 Å². The van der Waals surface area contributed by atoms with Crippen molar-refractivity contribution in [1.29, 1.82) is 0 Å². The molecule has 0 unspecified atom stereocenters. The quantitative estimate of drug-likeness (QED) is 0.784. The Morgan fingerprint density at radius 1 is 1.42 bits per heavy atom. The molecule has 0 aliphatic heterocycles. The van der Waals surface area contributed by atoms with Crippen LogP contribution in [0.5, 0.6) is 0 Å². The van der Waals surface area contributed by atoms with Gasteiger partial charge in [-0.25, -0.2) is 13.2 Å². The lowest BCUT2D eigenvalue weighted by Gasteiger charge is -2.10. The van der Waals surface area contributed by atoms with Gasteiger partial charge in [0.25, 0.3) is 0 Å². The van der Waals surface area contributed by atoms with Crippen LogP contribution in [0.3, 0.4) is 0 Å². The van der Waals surface area contributed by atoms with E-state index in [1.165, 1.54) is 6.08 Å². The van der Waals surface area contributed by atoms with E-state index in [0.29, 0.717) is 17.7 Å². The highest BCUT2D eigenvalue weighted by Crippen LogP contribution is 2.19. The topological polar surface area (TPSA) is 83.5 Å². The fourth-order valence-electron chi connectivity index (χ4n) is 1.51. The molecule has 19 heavy (non-hydrogen) atoms. The van der Waals surface area contributed by atoms with E-state index < -0.39 is 16.0 Å². The van der Waals surface area contributed by atoms with Crippen molar-refractivity contribution in [3.63, 3.8) is 0 Å². The number of benzene rings is 1. The lowest BCUT2D eigenvalue weighted by molar-refractivity contribution is -0.131. The molecule has 0 radical (unpaired) electrons. The van der Waals surface area contributed by atoms with Crippen LogP contribution < -0.4 is 4.72 Å². The van der Waals surface area contributed by atoms with E-state index in [0.717, 1.165) is 11.6 Å². The highest BCUT2D eigenvalue weighted by atomic mass is 32.2. The van der Waals surface area contributed by atoms with Crippen LogP contribution in [0.2, 0.25) is 0 Å². The van der Waals surface area contributed by atoms with Gasteiger partial charge >= 0.3 is 5.97 Å². The zero-order chi connectivity index (χ0) is 14.5. The Bertz CT molecular complexity index is 591. The summed E-state index contributed by atoms with van der Waals surface area (Å²) >= 11 is 0. The predicted molar refractivity (Wildman–Crippen MR) is 75.5 cm³/mol. The first-order chi connectivity index (χ1) is 8.84. The number of carboxylic acids is 1. The first-order valence-corrected chi connectivity index (χ1v) is 7.51. The van der Waals surface area contributed by atoms with Gasteiger partial charge in [0.15, 0.2) is 0 Å². The van der Waals surface area contributed by atoms with Gasteiger partial charge in [0.1, 0.15) is 0 Å². The van der Waals surface area contributed by atoms with E-state index in [1.54, 1.807) is 32.0 Å². The zero-order valence-electron chi connectivity index (χ0n) is 10.9. The molecule has 0 atom stereocenters. The Kier molecular flexibility index (Phi) is 5.11. The van der Waals surface area contributed by atoms with Crippen molar-refractivity contribution in [3.05, 3.63) is 35.4 Å². The third-order valence-corrected chi connectivity index (χ3v) is 3.89. The number of hydrogen-bond acceptors (Lipinski definition) is 3. The summed E-state index contributed by atoms with van der Waals surface area (Å²) in [6.45, 7) is 3.58. The summed E-state index contributed by atoms with van der Waals surface area (Å²) in [6.07, 6.45) is 2.96. The molecule has 0 saturated carbocycles. The Morgan fingerprint density at radius 2 is 2.11 bits per heavy atom. The van der Waals surface area contributed by atoms with Gasteiger partial charge in [0.2, 0.25) is 10.0 Å².